The summed E-state index contributed by atoms with van der Waals surface area (Å²) in [7, 11) is 0. The summed E-state index contributed by atoms with van der Waals surface area (Å²) in [5.41, 5.74) is 8.84. The second-order valence-electron chi connectivity index (χ2n) is 6.95. The van der Waals surface area contributed by atoms with Gasteiger partial charge < -0.3 is 15.2 Å². The fourth-order valence-corrected chi connectivity index (χ4v) is 3.82. The first-order valence-electron chi connectivity index (χ1n) is 9.36. The molecule has 0 aliphatic carbocycles. The minimum Gasteiger partial charge on any atom is -0.440 e. The van der Waals surface area contributed by atoms with Crippen molar-refractivity contribution in [3.05, 3.63) is 104 Å². The van der Waals surface area contributed by atoms with Crippen molar-refractivity contribution < 1.29 is 14.3 Å². The van der Waals surface area contributed by atoms with Crippen LogP contribution in [0.3, 0.4) is 0 Å². The van der Waals surface area contributed by atoms with E-state index in [1.54, 1.807) is 42.5 Å². The van der Waals surface area contributed by atoms with Gasteiger partial charge in [0.2, 0.25) is 5.88 Å². The van der Waals surface area contributed by atoms with Crippen LogP contribution in [-0.2, 0) is 11.2 Å². The van der Waals surface area contributed by atoms with E-state index in [0.717, 1.165) is 21.2 Å². The molecule has 0 radical (unpaired) electrons. The zero-order valence-electron chi connectivity index (χ0n) is 16.1. The summed E-state index contributed by atoms with van der Waals surface area (Å²) in [6.07, 6.45) is 0.108. The molecule has 0 spiro atoms. The van der Waals surface area contributed by atoms with E-state index in [1.807, 2.05) is 24.3 Å². The monoisotopic (exact) mass is 494 g/mol. The van der Waals surface area contributed by atoms with Crippen LogP contribution in [0.2, 0.25) is 5.02 Å². The smallest absolute Gasteiger partial charge is 0.315 e. The Kier molecular flexibility index (Phi) is 5.99. The third kappa shape index (κ3) is 4.58. The maximum atomic E-state index is 12.3. The van der Waals surface area contributed by atoms with Crippen molar-refractivity contribution >= 4 is 33.5 Å². The molecular weight excluding hydrogens is 480 g/mol. The number of benzene rings is 3. The number of hydrogen-bond donors (Lipinski definition) is 1. The molecule has 1 unspecified atom stereocenters. The number of rotatable bonds is 4. The highest BCUT2D eigenvalue weighted by atomic mass is 79.9. The number of halogens is 2. The molecule has 0 aromatic heterocycles. The van der Waals surface area contributed by atoms with Gasteiger partial charge in [0.15, 0.2) is 0 Å². The lowest BCUT2D eigenvalue weighted by molar-refractivity contribution is -0.133. The highest BCUT2D eigenvalue weighted by Crippen LogP contribution is 2.43. The molecule has 4 rings (SSSR count). The van der Waals surface area contributed by atoms with E-state index >= 15 is 0 Å². The van der Waals surface area contributed by atoms with E-state index in [1.165, 1.54) is 0 Å². The highest BCUT2D eigenvalue weighted by molar-refractivity contribution is 9.10. The second kappa shape index (κ2) is 8.84. The number of ether oxygens (including phenoxy) is 2. The first-order chi connectivity index (χ1) is 14.9. The van der Waals surface area contributed by atoms with Crippen molar-refractivity contribution in [1.82, 2.24) is 0 Å². The molecule has 154 valence electrons. The normalized spacial score (nSPS) is 14.9. The molecule has 0 amide bonds. The van der Waals surface area contributed by atoms with Gasteiger partial charge in [0.05, 0.1) is 12.3 Å². The van der Waals surface area contributed by atoms with Gasteiger partial charge in [0.25, 0.3) is 0 Å². The quantitative estimate of drug-likeness (QED) is 0.383. The summed E-state index contributed by atoms with van der Waals surface area (Å²) >= 11 is 9.30. The molecule has 1 atom stereocenters. The molecule has 1 aliphatic rings. The van der Waals surface area contributed by atoms with Gasteiger partial charge in [0.1, 0.15) is 23.1 Å². The zero-order chi connectivity index (χ0) is 22.0. The summed E-state index contributed by atoms with van der Waals surface area (Å²) in [5, 5.41) is 10.3. The van der Waals surface area contributed by atoms with Gasteiger partial charge in [-0.2, -0.15) is 5.26 Å². The van der Waals surface area contributed by atoms with Gasteiger partial charge in [-0.25, -0.2) is 0 Å². The van der Waals surface area contributed by atoms with Gasteiger partial charge in [-0.05, 0) is 41.5 Å². The first-order valence-corrected chi connectivity index (χ1v) is 10.5. The van der Waals surface area contributed by atoms with Crippen LogP contribution in [0.25, 0.3) is 0 Å². The number of fused-ring (bicyclic) bond motifs is 1. The van der Waals surface area contributed by atoms with Crippen molar-refractivity contribution in [2.24, 2.45) is 5.73 Å². The number of esters is 1. The zero-order valence-corrected chi connectivity index (χ0v) is 18.5. The van der Waals surface area contributed by atoms with Gasteiger partial charge in [-0.15, -0.1) is 0 Å². The van der Waals surface area contributed by atoms with Gasteiger partial charge in [-0.1, -0.05) is 57.9 Å². The highest BCUT2D eigenvalue weighted by Gasteiger charge is 2.31. The molecule has 0 bridgehead atoms. The molecule has 3 aromatic carbocycles. The Morgan fingerprint density at radius 3 is 2.52 bits per heavy atom. The molecule has 5 nitrogen and oxygen atoms in total. The fraction of sp³-hybridized carbons (Fsp3) is 0.0833. The minimum atomic E-state index is -0.413. The number of nitrogens with zero attached hydrogens (tertiary/aromatic N) is 1. The predicted octanol–water partition coefficient (Wildman–Crippen LogP) is 5.47. The summed E-state index contributed by atoms with van der Waals surface area (Å²) in [6.45, 7) is 0. The van der Waals surface area contributed by atoms with E-state index in [2.05, 4.69) is 22.0 Å². The fourth-order valence-electron chi connectivity index (χ4n) is 3.43. The lowest BCUT2D eigenvalue weighted by Gasteiger charge is -2.26. The van der Waals surface area contributed by atoms with Crippen LogP contribution in [0.5, 0.6) is 11.5 Å². The largest absolute Gasteiger partial charge is 0.440 e. The molecule has 7 heteroatoms. The summed E-state index contributed by atoms with van der Waals surface area (Å²) in [6, 6.07) is 21.9. The Labute approximate surface area is 192 Å². The van der Waals surface area contributed by atoms with Crippen molar-refractivity contribution in [1.29, 1.82) is 5.26 Å². The van der Waals surface area contributed by atoms with Crippen molar-refractivity contribution in [2.45, 2.75) is 12.3 Å². The maximum absolute atomic E-state index is 12.3. The number of carbonyl (C=O) groups is 1. The van der Waals surface area contributed by atoms with Crippen LogP contribution in [0.4, 0.5) is 0 Å². The number of allylic oxidation sites excluding steroid dienone is 1. The Balaban J connectivity index is 1.60. The van der Waals surface area contributed by atoms with Crippen LogP contribution in [0.15, 0.2) is 82.7 Å². The number of carbonyl (C=O) groups excluding carboxylic acids is 1. The molecule has 0 saturated heterocycles. The lowest BCUT2D eigenvalue weighted by Crippen LogP contribution is -2.21. The van der Waals surface area contributed by atoms with E-state index < -0.39 is 5.97 Å². The van der Waals surface area contributed by atoms with Gasteiger partial charge >= 0.3 is 5.97 Å². The number of hydrogen-bond acceptors (Lipinski definition) is 5. The average molecular weight is 496 g/mol. The molecule has 1 aliphatic heterocycles. The Hall–Kier alpha value is -3.27. The second-order valence-corrected chi connectivity index (χ2v) is 8.31. The number of nitriles is 1. The first kappa shape index (κ1) is 21.0. The topological polar surface area (TPSA) is 85.3 Å². The summed E-state index contributed by atoms with van der Waals surface area (Å²) in [5.74, 6) is 0.0266. The standard InChI is InChI=1S/C24H16BrClN2O3/c25-16-5-3-15(4-6-16)23-19-10-9-18(12-21(19)31-24(28)20(23)13-27)30-22(29)11-14-1-7-17(26)8-2-14/h1-10,12,23H,11,28H2. The van der Waals surface area contributed by atoms with E-state index in [-0.39, 0.29) is 18.2 Å². The minimum absolute atomic E-state index is 0.0348. The summed E-state index contributed by atoms with van der Waals surface area (Å²) in [4.78, 5) is 12.3. The van der Waals surface area contributed by atoms with Crippen LogP contribution >= 0.6 is 27.5 Å². The van der Waals surface area contributed by atoms with Crippen molar-refractivity contribution in [3.63, 3.8) is 0 Å². The van der Waals surface area contributed by atoms with Crippen molar-refractivity contribution in [2.75, 3.05) is 0 Å². The van der Waals surface area contributed by atoms with E-state index in [4.69, 9.17) is 26.8 Å². The van der Waals surface area contributed by atoms with Gasteiger partial charge in [0, 0.05) is 21.1 Å². The van der Waals surface area contributed by atoms with Crippen molar-refractivity contribution in [3.8, 4) is 17.6 Å². The maximum Gasteiger partial charge on any atom is 0.315 e. The molecule has 31 heavy (non-hydrogen) atoms. The summed E-state index contributed by atoms with van der Waals surface area (Å²) < 4.78 is 12.1. The van der Waals surface area contributed by atoms with Gasteiger partial charge in [-0.3, -0.25) is 4.79 Å². The Morgan fingerprint density at radius 1 is 1.13 bits per heavy atom. The SMILES string of the molecule is N#CC1=C(N)Oc2cc(OC(=O)Cc3ccc(Cl)cc3)ccc2C1c1ccc(Br)cc1. The molecular formula is C24H16BrClN2O3. The molecule has 0 saturated carbocycles. The Bertz CT molecular complexity index is 1220. The molecule has 3 aromatic rings. The van der Waals surface area contributed by atoms with E-state index in [9.17, 15) is 10.1 Å². The van der Waals surface area contributed by atoms with E-state index in [0.29, 0.717) is 22.1 Å². The third-order valence-electron chi connectivity index (χ3n) is 4.89. The van der Waals surface area contributed by atoms with Crippen LogP contribution < -0.4 is 15.2 Å². The molecule has 2 N–H and O–H groups in total. The molecule has 0 fully saturated rings. The van der Waals surface area contributed by atoms with Crippen LogP contribution in [-0.4, -0.2) is 5.97 Å². The van der Waals surface area contributed by atoms with Crippen LogP contribution in [0.1, 0.15) is 22.6 Å². The third-order valence-corrected chi connectivity index (χ3v) is 5.67. The van der Waals surface area contributed by atoms with Crippen LogP contribution in [0, 0.1) is 11.3 Å². The number of nitrogens with two attached hydrogens (primary N) is 1. The Morgan fingerprint density at radius 2 is 1.84 bits per heavy atom. The predicted molar refractivity (Wildman–Crippen MR) is 121 cm³/mol. The average Bonchev–Trinajstić information content (AvgIpc) is 2.75. The lowest BCUT2D eigenvalue weighted by atomic mass is 9.83. The molecule has 1 heterocycles.